The molecule has 4 rings (SSSR count). The van der Waals surface area contributed by atoms with Crippen LogP contribution >= 0.6 is 0 Å². The van der Waals surface area contributed by atoms with Gasteiger partial charge in [-0.05, 0) is 61.2 Å². The van der Waals surface area contributed by atoms with Gasteiger partial charge >= 0.3 is 0 Å². The Hall–Kier alpha value is -2.93. The van der Waals surface area contributed by atoms with Crippen LogP contribution in [0, 0.1) is 23.6 Å². The molecule has 1 atom stereocenters. The molecule has 2 heterocycles. The molecule has 0 aliphatic carbocycles. The van der Waals surface area contributed by atoms with Crippen molar-refractivity contribution in [2.75, 3.05) is 0 Å². The summed E-state index contributed by atoms with van der Waals surface area (Å²) in [5.41, 5.74) is 2.30. The molecule has 1 unspecified atom stereocenters. The van der Waals surface area contributed by atoms with Crippen molar-refractivity contribution in [3.63, 3.8) is 0 Å². The highest BCUT2D eigenvalue weighted by Gasteiger charge is 2.18. The zero-order valence-corrected chi connectivity index (χ0v) is 16.0. The van der Waals surface area contributed by atoms with Crippen molar-refractivity contribution in [3.05, 3.63) is 75.6 Å². The van der Waals surface area contributed by atoms with Crippen molar-refractivity contribution >= 4 is 10.9 Å². The lowest BCUT2D eigenvalue weighted by Gasteiger charge is -2.11. The molecule has 0 bridgehead atoms. The van der Waals surface area contributed by atoms with Crippen molar-refractivity contribution in [1.82, 2.24) is 9.55 Å². The molecule has 0 saturated carbocycles. The first-order chi connectivity index (χ1) is 13.6. The zero-order chi connectivity index (χ0) is 19.5. The smallest absolute Gasteiger partial charge is 0.261 e. The number of nitrogens with zero attached hydrogens (tertiary/aromatic N) is 2. The third-order valence-corrected chi connectivity index (χ3v) is 5.46. The van der Waals surface area contributed by atoms with Gasteiger partial charge in [0.25, 0.3) is 5.56 Å². The highest BCUT2D eigenvalue weighted by atomic mass is 19.1. The molecule has 1 aromatic heterocycles. The van der Waals surface area contributed by atoms with Gasteiger partial charge in [0.15, 0.2) is 0 Å². The van der Waals surface area contributed by atoms with Gasteiger partial charge in [0.05, 0.1) is 10.9 Å². The van der Waals surface area contributed by atoms with Crippen LogP contribution in [0.25, 0.3) is 10.9 Å². The van der Waals surface area contributed by atoms with E-state index in [0.717, 1.165) is 42.8 Å². The number of hydrogen-bond acceptors (Lipinski definition) is 2. The zero-order valence-electron chi connectivity index (χ0n) is 16.0. The Balaban J connectivity index is 1.68. The molecule has 2 aromatic carbocycles. The predicted molar refractivity (Wildman–Crippen MR) is 110 cm³/mol. The van der Waals surface area contributed by atoms with Crippen LogP contribution < -0.4 is 5.56 Å². The van der Waals surface area contributed by atoms with Gasteiger partial charge in [0, 0.05) is 24.1 Å². The van der Waals surface area contributed by atoms with E-state index in [1.165, 1.54) is 25.0 Å². The van der Waals surface area contributed by atoms with Gasteiger partial charge in [-0.3, -0.25) is 9.36 Å². The largest absolute Gasteiger partial charge is 0.296 e. The van der Waals surface area contributed by atoms with Gasteiger partial charge in [-0.15, -0.1) is 0 Å². The Morgan fingerprint density at radius 2 is 1.86 bits per heavy atom. The molecule has 0 amide bonds. The van der Waals surface area contributed by atoms with Crippen molar-refractivity contribution in [1.29, 1.82) is 0 Å². The summed E-state index contributed by atoms with van der Waals surface area (Å²) in [4.78, 5) is 17.8. The van der Waals surface area contributed by atoms with Crippen molar-refractivity contribution in [2.24, 2.45) is 5.92 Å². The maximum atomic E-state index is 13.0. The summed E-state index contributed by atoms with van der Waals surface area (Å²) in [6, 6.07) is 11.7. The Bertz CT molecular complexity index is 1120. The van der Waals surface area contributed by atoms with E-state index in [2.05, 4.69) is 18.8 Å². The molecule has 0 saturated heterocycles. The third kappa shape index (κ3) is 3.84. The highest BCUT2D eigenvalue weighted by Crippen LogP contribution is 2.23. The minimum Gasteiger partial charge on any atom is -0.296 e. The predicted octanol–water partition coefficient (Wildman–Crippen LogP) is 4.69. The lowest BCUT2D eigenvalue weighted by atomic mass is 9.95. The number of aryl methyl sites for hydroxylation is 1. The number of hydrogen-bond donors (Lipinski definition) is 0. The van der Waals surface area contributed by atoms with Gasteiger partial charge in [0.1, 0.15) is 11.6 Å². The van der Waals surface area contributed by atoms with E-state index in [1.54, 1.807) is 12.1 Å². The summed E-state index contributed by atoms with van der Waals surface area (Å²) in [6.07, 6.45) is 5.39. The number of halogens is 1. The van der Waals surface area contributed by atoms with Crippen LogP contribution in [0.1, 0.15) is 49.6 Å². The molecule has 142 valence electrons. The van der Waals surface area contributed by atoms with Crippen LogP contribution in [-0.4, -0.2) is 9.55 Å². The van der Waals surface area contributed by atoms with Crippen LogP contribution in [0.4, 0.5) is 4.39 Å². The standard InChI is InChI=1S/C24H23FN2O/c1-2-3-17-9-13-23-26-22-16-19(5-4-18-6-10-20(25)11-7-18)8-12-21(22)24(28)27(23)15-14-17/h6-8,10-12,16-17H,2-3,9,13-15H2,1H3. The molecule has 0 spiro atoms. The molecule has 0 fully saturated rings. The van der Waals surface area contributed by atoms with E-state index in [9.17, 15) is 9.18 Å². The van der Waals surface area contributed by atoms with Crippen LogP contribution in [-0.2, 0) is 13.0 Å². The van der Waals surface area contributed by atoms with E-state index in [4.69, 9.17) is 4.98 Å². The summed E-state index contributed by atoms with van der Waals surface area (Å²) in [5.74, 6) is 7.40. The van der Waals surface area contributed by atoms with Crippen molar-refractivity contribution in [3.8, 4) is 11.8 Å². The van der Waals surface area contributed by atoms with Crippen LogP contribution in [0.5, 0.6) is 0 Å². The van der Waals surface area contributed by atoms with Crippen LogP contribution in [0.3, 0.4) is 0 Å². The second kappa shape index (κ2) is 7.98. The Labute approximate surface area is 164 Å². The van der Waals surface area contributed by atoms with E-state index >= 15 is 0 Å². The first-order valence-electron chi connectivity index (χ1n) is 9.95. The monoisotopic (exact) mass is 374 g/mol. The Kier molecular flexibility index (Phi) is 5.25. The second-order valence-corrected chi connectivity index (χ2v) is 7.46. The summed E-state index contributed by atoms with van der Waals surface area (Å²) in [6.45, 7) is 2.97. The molecule has 0 N–H and O–H groups in total. The minimum absolute atomic E-state index is 0.0511. The molecule has 1 aliphatic rings. The molecular formula is C24H23FN2O. The molecule has 1 aliphatic heterocycles. The van der Waals surface area contributed by atoms with Crippen LogP contribution in [0.15, 0.2) is 47.3 Å². The highest BCUT2D eigenvalue weighted by molar-refractivity contribution is 5.79. The Morgan fingerprint density at radius 3 is 2.64 bits per heavy atom. The van der Waals surface area contributed by atoms with Crippen molar-refractivity contribution in [2.45, 2.75) is 45.6 Å². The fourth-order valence-corrected chi connectivity index (χ4v) is 3.93. The average molecular weight is 374 g/mol. The number of fused-ring (bicyclic) bond motifs is 2. The molecule has 28 heavy (non-hydrogen) atoms. The number of aromatic nitrogens is 2. The fraction of sp³-hybridized carbons (Fsp3) is 0.333. The lowest BCUT2D eigenvalue weighted by Crippen LogP contribution is -2.24. The lowest BCUT2D eigenvalue weighted by molar-refractivity contribution is 0.412. The molecule has 3 aromatic rings. The Morgan fingerprint density at radius 1 is 1.11 bits per heavy atom. The normalized spacial score (nSPS) is 16.1. The van der Waals surface area contributed by atoms with Gasteiger partial charge in [0.2, 0.25) is 0 Å². The van der Waals surface area contributed by atoms with E-state index in [1.807, 2.05) is 22.8 Å². The fourth-order valence-electron chi connectivity index (χ4n) is 3.93. The summed E-state index contributed by atoms with van der Waals surface area (Å²) >= 11 is 0. The maximum Gasteiger partial charge on any atom is 0.261 e. The van der Waals surface area contributed by atoms with E-state index in [0.29, 0.717) is 16.8 Å². The minimum atomic E-state index is -0.275. The summed E-state index contributed by atoms with van der Waals surface area (Å²) in [7, 11) is 0. The van der Waals surface area contributed by atoms with Crippen LogP contribution in [0.2, 0.25) is 0 Å². The average Bonchev–Trinajstić information content (AvgIpc) is 2.90. The molecule has 0 radical (unpaired) electrons. The quantitative estimate of drug-likeness (QED) is 0.610. The SMILES string of the molecule is CCCC1CCc2nc3cc(C#Cc4ccc(F)cc4)ccc3c(=O)n2CC1. The summed E-state index contributed by atoms with van der Waals surface area (Å²) in [5, 5.41) is 0.644. The molecular weight excluding hydrogens is 351 g/mol. The van der Waals surface area contributed by atoms with Gasteiger partial charge in [-0.25, -0.2) is 9.37 Å². The van der Waals surface area contributed by atoms with Gasteiger partial charge in [-0.1, -0.05) is 31.6 Å². The van der Waals surface area contributed by atoms with E-state index in [-0.39, 0.29) is 11.4 Å². The molecule has 3 nitrogen and oxygen atoms in total. The second-order valence-electron chi connectivity index (χ2n) is 7.46. The third-order valence-electron chi connectivity index (χ3n) is 5.46. The molecule has 4 heteroatoms. The topological polar surface area (TPSA) is 34.9 Å². The first kappa shape index (κ1) is 18.4. The number of rotatable bonds is 2. The number of benzene rings is 2. The van der Waals surface area contributed by atoms with Gasteiger partial charge < -0.3 is 0 Å². The maximum absolute atomic E-state index is 13.0. The van der Waals surface area contributed by atoms with Gasteiger partial charge in [-0.2, -0.15) is 0 Å². The van der Waals surface area contributed by atoms with Crippen molar-refractivity contribution < 1.29 is 4.39 Å². The first-order valence-corrected chi connectivity index (χ1v) is 9.95. The van der Waals surface area contributed by atoms with E-state index < -0.39 is 0 Å². The summed E-state index contributed by atoms with van der Waals surface area (Å²) < 4.78 is 14.9.